The van der Waals surface area contributed by atoms with Crippen molar-refractivity contribution in [1.82, 2.24) is 5.32 Å². The van der Waals surface area contributed by atoms with Gasteiger partial charge in [-0.2, -0.15) is 0 Å². The third-order valence-corrected chi connectivity index (χ3v) is 4.83. The summed E-state index contributed by atoms with van der Waals surface area (Å²) in [5.74, 6) is -0.0847. The summed E-state index contributed by atoms with van der Waals surface area (Å²) in [7, 11) is 1.74. The molecule has 2 aliphatic rings. The molecule has 0 atom stereocenters. The van der Waals surface area contributed by atoms with Crippen LogP contribution in [0.15, 0.2) is 48.5 Å². The van der Waals surface area contributed by atoms with Gasteiger partial charge in [0.15, 0.2) is 0 Å². The number of carbonyl (C=O) groups is 2. The zero-order chi connectivity index (χ0) is 16.7. The Hall–Kier alpha value is -2.82. The average Bonchev–Trinajstić information content (AvgIpc) is 3.00. The zero-order valence-corrected chi connectivity index (χ0v) is 13.5. The Kier molecular flexibility index (Phi) is 3.49. The molecule has 5 nitrogen and oxygen atoms in total. The third kappa shape index (κ3) is 2.42. The van der Waals surface area contributed by atoms with Gasteiger partial charge in [0.2, 0.25) is 5.91 Å². The molecule has 24 heavy (non-hydrogen) atoms. The highest BCUT2D eigenvalue weighted by Gasteiger charge is 2.32. The maximum Gasteiger partial charge on any atom is 0.322 e. The molecule has 1 aliphatic carbocycles. The molecule has 122 valence electrons. The van der Waals surface area contributed by atoms with Crippen molar-refractivity contribution in [2.75, 3.05) is 23.4 Å². The van der Waals surface area contributed by atoms with E-state index < -0.39 is 0 Å². The van der Waals surface area contributed by atoms with E-state index in [0.717, 1.165) is 24.2 Å². The van der Waals surface area contributed by atoms with Crippen molar-refractivity contribution in [1.29, 1.82) is 0 Å². The normalized spacial score (nSPS) is 16.8. The lowest BCUT2D eigenvalue weighted by atomic mass is 10.1. The lowest BCUT2D eigenvalue weighted by Crippen LogP contribution is -2.52. The van der Waals surface area contributed by atoms with E-state index in [1.807, 2.05) is 36.4 Å². The number of amides is 3. The van der Waals surface area contributed by atoms with Crippen LogP contribution >= 0.6 is 0 Å². The van der Waals surface area contributed by atoms with E-state index in [9.17, 15) is 9.59 Å². The second kappa shape index (κ2) is 5.67. The minimum atomic E-state index is -0.207. The maximum atomic E-state index is 12.8. The Morgan fingerprint density at radius 3 is 2.25 bits per heavy atom. The van der Waals surface area contributed by atoms with E-state index in [0.29, 0.717) is 0 Å². The van der Waals surface area contributed by atoms with E-state index in [2.05, 4.69) is 17.4 Å². The predicted octanol–water partition coefficient (Wildman–Crippen LogP) is 2.35. The number of rotatable bonds is 1. The minimum Gasteiger partial charge on any atom is -0.334 e. The highest BCUT2D eigenvalue weighted by atomic mass is 16.2. The zero-order valence-electron chi connectivity index (χ0n) is 13.5. The Labute approximate surface area is 140 Å². The van der Waals surface area contributed by atoms with Gasteiger partial charge in [-0.25, -0.2) is 4.79 Å². The lowest BCUT2D eigenvalue weighted by Gasteiger charge is -2.34. The average molecular weight is 321 g/mol. The molecular formula is C19H19N3O2. The number of nitrogens with one attached hydrogen (secondary N) is 1. The molecule has 3 amide bonds. The summed E-state index contributed by atoms with van der Waals surface area (Å²) in [6, 6.07) is 15.6. The van der Waals surface area contributed by atoms with Crippen molar-refractivity contribution in [3.63, 3.8) is 0 Å². The van der Waals surface area contributed by atoms with Crippen molar-refractivity contribution in [2.24, 2.45) is 0 Å². The van der Waals surface area contributed by atoms with Crippen molar-refractivity contribution >= 4 is 23.3 Å². The first-order valence-electron chi connectivity index (χ1n) is 8.14. The molecule has 1 aliphatic heterocycles. The number of para-hydroxylation sites is 2. The van der Waals surface area contributed by atoms with E-state index >= 15 is 0 Å². The fourth-order valence-electron chi connectivity index (χ4n) is 3.53. The molecule has 0 bridgehead atoms. The van der Waals surface area contributed by atoms with Crippen molar-refractivity contribution in [3.05, 3.63) is 59.7 Å². The van der Waals surface area contributed by atoms with Crippen LogP contribution < -0.4 is 15.1 Å². The first-order chi connectivity index (χ1) is 11.6. The number of likely N-dealkylation sites (N-methyl/N-ethyl adjacent to an activating group) is 1. The number of urea groups is 1. The van der Waals surface area contributed by atoms with E-state index in [4.69, 9.17) is 0 Å². The summed E-state index contributed by atoms with van der Waals surface area (Å²) in [5, 5.41) is 3.09. The summed E-state index contributed by atoms with van der Waals surface area (Å²) in [5.41, 5.74) is 4.11. The lowest BCUT2D eigenvalue weighted by molar-refractivity contribution is -0.117. The highest BCUT2D eigenvalue weighted by molar-refractivity contribution is 6.10. The van der Waals surface area contributed by atoms with Crippen LogP contribution in [0.3, 0.4) is 0 Å². The topological polar surface area (TPSA) is 52.7 Å². The van der Waals surface area contributed by atoms with Gasteiger partial charge >= 0.3 is 6.03 Å². The van der Waals surface area contributed by atoms with E-state index in [-0.39, 0.29) is 24.5 Å². The number of hydrogen-bond acceptors (Lipinski definition) is 2. The third-order valence-electron chi connectivity index (χ3n) is 4.83. The fourth-order valence-corrected chi connectivity index (χ4v) is 3.53. The summed E-state index contributed by atoms with van der Waals surface area (Å²) in [4.78, 5) is 28.1. The Morgan fingerprint density at radius 1 is 1.00 bits per heavy atom. The quantitative estimate of drug-likeness (QED) is 0.876. The van der Waals surface area contributed by atoms with Gasteiger partial charge in [-0.1, -0.05) is 36.4 Å². The second-order valence-electron chi connectivity index (χ2n) is 6.35. The van der Waals surface area contributed by atoms with Crippen LogP contribution in [-0.2, 0) is 17.6 Å². The molecule has 5 heteroatoms. The van der Waals surface area contributed by atoms with Crippen molar-refractivity contribution in [3.8, 4) is 0 Å². The van der Waals surface area contributed by atoms with Crippen LogP contribution in [0.2, 0.25) is 0 Å². The number of fused-ring (bicyclic) bond motifs is 2. The van der Waals surface area contributed by atoms with Gasteiger partial charge in [-0.3, -0.25) is 9.69 Å². The number of nitrogens with zero attached hydrogens (tertiary/aromatic N) is 2. The van der Waals surface area contributed by atoms with Crippen LogP contribution in [0.25, 0.3) is 0 Å². The number of hydrogen-bond donors (Lipinski definition) is 1. The van der Waals surface area contributed by atoms with Gasteiger partial charge in [0.05, 0.1) is 11.4 Å². The first kappa shape index (κ1) is 14.8. The summed E-state index contributed by atoms with van der Waals surface area (Å²) in [6.45, 7) is 0.0685. The molecule has 0 unspecified atom stereocenters. The largest absolute Gasteiger partial charge is 0.334 e. The first-order valence-corrected chi connectivity index (χ1v) is 8.14. The molecule has 0 saturated heterocycles. The molecule has 0 fully saturated rings. The number of carbonyl (C=O) groups excluding carboxylic acids is 2. The second-order valence-corrected chi connectivity index (χ2v) is 6.35. The smallest absolute Gasteiger partial charge is 0.322 e. The van der Waals surface area contributed by atoms with E-state index in [1.165, 1.54) is 11.1 Å². The fraction of sp³-hybridized carbons (Fsp3) is 0.263. The molecule has 0 radical (unpaired) electrons. The van der Waals surface area contributed by atoms with Gasteiger partial charge in [-0.05, 0) is 36.1 Å². The molecule has 0 spiro atoms. The Bertz CT molecular complexity index is 793. The van der Waals surface area contributed by atoms with Crippen LogP contribution in [0, 0.1) is 0 Å². The van der Waals surface area contributed by atoms with Crippen molar-refractivity contribution in [2.45, 2.75) is 18.9 Å². The minimum absolute atomic E-state index is 0.0685. The summed E-state index contributed by atoms with van der Waals surface area (Å²) in [6.07, 6.45) is 1.68. The predicted molar refractivity (Wildman–Crippen MR) is 93.4 cm³/mol. The van der Waals surface area contributed by atoms with Gasteiger partial charge in [0.1, 0.15) is 6.54 Å². The summed E-state index contributed by atoms with van der Waals surface area (Å²) < 4.78 is 0. The highest BCUT2D eigenvalue weighted by Crippen LogP contribution is 2.32. The molecule has 2 aromatic rings. The summed E-state index contributed by atoms with van der Waals surface area (Å²) >= 11 is 0. The van der Waals surface area contributed by atoms with Crippen LogP contribution in [0.5, 0.6) is 0 Å². The molecule has 0 aromatic heterocycles. The SMILES string of the molecule is CN1C(=O)CN(C(=O)NC2Cc3ccccc3C2)c2ccccc21. The van der Waals surface area contributed by atoms with Gasteiger partial charge in [-0.15, -0.1) is 0 Å². The molecule has 1 heterocycles. The molecule has 2 aromatic carbocycles. The maximum absolute atomic E-state index is 12.8. The molecule has 0 saturated carbocycles. The molecule has 4 rings (SSSR count). The van der Waals surface area contributed by atoms with Gasteiger partial charge in [0, 0.05) is 13.1 Å². The number of benzene rings is 2. The molecule has 1 N–H and O–H groups in total. The van der Waals surface area contributed by atoms with Crippen molar-refractivity contribution < 1.29 is 9.59 Å². The van der Waals surface area contributed by atoms with Crippen LogP contribution in [-0.4, -0.2) is 31.6 Å². The Morgan fingerprint density at radius 2 is 1.58 bits per heavy atom. The van der Waals surface area contributed by atoms with Gasteiger partial charge in [0.25, 0.3) is 0 Å². The van der Waals surface area contributed by atoms with Crippen LogP contribution in [0.4, 0.5) is 16.2 Å². The standard InChI is InChI=1S/C19H19N3O2/c1-21-16-8-4-5-9-17(16)22(12-18(21)23)19(24)20-15-10-13-6-2-3-7-14(13)11-15/h2-9,15H,10-12H2,1H3,(H,20,24). The van der Waals surface area contributed by atoms with E-state index in [1.54, 1.807) is 16.8 Å². The van der Waals surface area contributed by atoms with Gasteiger partial charge < -0.3 is 10.2 Å². The van der Waals surface area contributed by atoms with Crippen LogP contribution in [0.1, 0.15) is 11.1 Å². The monoisotopic (exact) mass is 321 g/mol. The molecular weight excluding hydrogens is 302 g/mol. The Balaban J connectivity index is 1.53. The number of anilines is 2.